The van der Waals surface area contributed by atoms with Crippen molar-refractivity contribution < 1.29 is 29.0 Å². The number of carboxylic acid groups (broad SMARTS) is 1. The molecule has 0 amide bonds. The predicted octanol–water partition coefficient (Wildman–Crippen LogP) is 2.40. The van der Waals surface area contributed by atoms with Gasteiger partial charge in [-0.1, -0.05) is 6.92 Å². The van der Waals surface area contributed by atoms with Crippen LogP contribution >= 0.6 is 0 Å². The van der Waals surface area contributed by atoms with E-state index in [4.69, 9.17) is 9.47 Å². The van der Waals surface area contributed by atoms with Gasteiger partial charge in [-0.15, -0.1) is 0 Å². The van der Waals surface area contributed by atoms with Gasteiger partial charge in [0.2, 0.25) is 0 Å². The van der Waals surface area contributed by atoms with Gasteiger partial charge < -0.3 is 14.6 Å². The van der Waals surface area contributed by atoms with Crippen LogP contribution in [-0.2, 0) is 23.9 Å². The van der Waals surface area contributed by atoms with Gasteiger partial charge in [-0.2, -0.15) is 0 Å². The molecule has 0 aromatic carbocycles. The van der Waals surface area contributed by atoms with E-state index in [9.17, 15) is 19.5 Å². The van der Waals surface area contributed by atoms with Gasteiger partial charge >= 0.3 is 17.9 Å². The molecule has 0 spiro atoms. The number of rotatable bonds is 5. The Bertz CT molecular complexity index is 399. The van der Waals surface area contributed by atoms with E-state index in [1.54, 1.807) is 41.5 Å². The SMILES string of the molecule is CC(C(=O)OC(C)(C)C)C(CC(=O)OC(C)(C)C)C(=O)O. The highest BCUT2D eigenvalue weighted by Gasteiger charge is 2.36. The molecule has 0 rings (SSSR count). The van der Waals surface area contributed by atoms with E-state index in [2.05, 4.69) is 0 Å². The summed E-state index contributed by atoms with van der Waals surface area (Å²) in [6.07, 6.45) is -0.368. The van der Waals surface area contributed by atoms with Crippen molar-refractivity contribution in [2.24, 2.45) is 11.8 Å². The van der Waals surface area contributed by atoms with Crippen LogP contribution in [0.2, 0.25) is 0 Å². The molecule has 0 saturated carbocycles. The van der Waals surface area contributed by atoms with Crippen molar-refractivity contribution in [1.82, 2.24) is 0 Å². The summed E-state index contributed by atoms with van der Waals surface area (Å²) in [5.74, 6) is -4.62. The molecule has 122 valence electrons. The van der Waals surface area contributed by atoms with Crippen LogP contribution in [0.3, 0.4) is 0 Å². The molecule has 2 unspecified atom stereocenters. The molecule has 0 aromatic heterocycles. The van der Waals surface area contributed by atoms with Crippen LogP contribution in [0, 0.1) is 11.8 Å². The zero-order valence-corrected chi connectivity index (χ0v) is 13.9. The number of carboxylic acids is 1. The Hall–Kier alpha value is -1.59. The Balaban J connectivity index is 4.87. The van der Waals surface area contributed by atoms with Gasteiger partial charge in [-0.3, -0.25) is 14.4 Å². The number of ether oxygens (including phenoxy) is 2. The number of aliphatic carboxylic acids is 1. The summed E-state index contributed by atoms with van der Waals surface area (Å²) in [6, 6.07) is 0. The summed E-state index contributed by atoms with van der Waals surface area (Å²) >= 11 is 0. The summed E-state index contributed by atoms with van der Waals surface area (Å²) in [5.41, 5.74) is -1.41. The maximum Gasteiger partial charge on any atom is 0.310 e. The number of esters is 2. The highest BCUT2D eigenvalue weighted by molar-refractivity contribution is 5.85. The first kappa shape index (κ1) is 19.4. The van der Waals surface area contributed by atoms with Crippen molar-refractivity contribution in [3.63, 3.8) is 0 Å². The van der Waals surface area contributed by atoms with Gasteiger partial charge in [0.1, 0.15) is 11.2 Å². The molecule has 2 atom stereocenters. The van der Waals surface area contributed by atoms with E-state index in [1.165, 1.54) is 6.92 Å². The van der Waals surface area contributed by atoms with Gasteiger partial charge in [0.25, 0.3) is 0 Å². The Morgan fingerprint density at radius 1 is 0.952 bits per heavy atom. The first-order chi connectivity index (χ1) is 9.23. The second kappa shape index (κ2) is 6.91. The fraction of sp³-hybridized carbons (Fsp3) is 0.800. The summed E-state index contributed by atoms with van der Waals surface area (Å²) in [5, 5.41) is 9.22. The molecule has 0 radical (unpaired) electrons. The molecule has 6 heteroatoms. The minimum Gasteiger partial charge on any atom is -0.481 e. The van der Waals surface area contributed by atoms with Gasteiger partial charge in [0, 0.05) is 0 Å². The maximum atomic E-state index is 11.9. The van der Waals surface area contributed by atoms with Crippen molar-refractivity contribution in [3.8, 4) is 0 Å². The van der Waals surface area contributed by atoms with E-state index < -0.39 is 40.9 Å². The summed E-state index contributed by atoms with van der Waals surface area (Å²) in [7, 11) is 0. The Morgan fingerprint density at radius 2 is 1.38 bits per heavy atom. The predicted molar refractivity (Wildman–Crippen MR) is 76.6 cm³/mol. The van der Waals surface area contributed by atoms with Crippen molar-refractivity contribution in [3.05, 3.63) is 0 Å². The van der Waals surface area contributed by atoms with E-state index in [0.29, 0.717) is 0 Å². The van der Waals surface area contributed by atoms with Crippen LogP contribution < -0.4 is 0 Å². The Labute approximate surface area is 125 Å². The average Bonchev–Trinajstić information content (AvgIpc) is 2.19. The van der Waals surface area contributed by atoms with Crippen LogP contribution in [0.5, 0.6) is 0 Å². The van der Waals surface area contributed by atoms with E-state index >= 15 is 0 Å². The minimum atomic E-state index is -1.22. The first-order valence-electron chi connectivity index (χ1n) is 6.90. The number of carbonyl (C=O) groups is 3. The fourth-order valence-electron chi connectivity index (χ4n) is 1.60. The second-order valence-corrected chi connectivity index (χ2v) is 7.06. The van der Waals surface area contributed by atoms with Crippen molar-refractivity contribution >= 4 is 17.9 Å². The number of hydrogen-bond acceptors (Lipinski definition) is 5. The molecule has 0 aromatic rings. The third-order valence-corrected chi connectivity index (χ3v) is 2.51. The highest BCUT2D eigenvalue weighted by atomic mass is 16.6. The average molecular weight is 302 g/mol. The fourth-order valence-corrected chi connectivity index (χ4v) is 1.60. The van der Waals surface area contributed by atoms with Gasteiger partial charge in [0.15, 0.2) is 0 Å². The molecular formula is C15H26O6. The largest absolute Gasteiger partial charge is 0.481 e. The molecule has 0 saturated heterocycles. The first-order valence-corrected chi connectivity index (χ1v) is 6.90. The third kappa shape index (κ3) is 8.32. The van der Waals surface area contributed by atoms with Crippen molar-refractivity contribution in [1.29, 1.82) is 0 Å². The van der Waals surface area contributed by atoms with E-state index in [1.807, 2.05) is 0 Å². The Morgan fingerprint density at radius 3 is 1.71 bits per heavy atom. The van der Waals surface area contributed by atoms with Crippen LogP contribution in [-0.4, -0.2) is 34.2 Å². The highest BCUT2D eigenvalue weighted by Crippen LogP contribution is 2.22. The molecule has 0 heterocycles. The summed E-state index contributed by atoms with van der Waals surface area (Å²) in [6.45, 7) is 11.6. The van der Waals surface area contributed by atoms with Gasteiger partial charge in [-0.25, -0.2) is 0 Å². The summed E-state index contributed by atoms with van der Waals surface area (Å²) in [4.78, 5) is 35.0. The third-order valence-electron chi connectivity index (χ3n) is 2.51. The zero-order valence-electron chi connectivity index (χ0n) is 13.9. The van der Waals surface area contributed by atoms with Gasteiger partial charge in [0.05, 0.1) is 18.3 Å². The molecule has 0 aliphatic carbocycles. The lowest BCUT2D eigenvalue weighted by Gasteiger charge is -2.26. The monoisotopic (exact) mass is 302 g/mol. The molecular weight excluding hydrogens is 276 g/mol. The molecule has 0 bridgehead atoms. The molecule has 0 aliphatic heterocycles. The second-order valence-electron chi connectivity index (χ2n) is 7.06. The van der Waals surface area contributed by atoms with Crippen LogP contribution in [0.4, 0.5) is 0 Å². The van der Waals surface area contributed by atoms with Crippen molar-refractivity contribution in [2.45, 2.75) is 66.1 Å². The molecule has 0 aliphatic rings. The smallest absolute Gasteiger partial charge is 0.310 e. The maximum absolute atomic E-state index is 11.9. The lowest BCUT2D eigenvalue weighted by Crippen LogP contribution is -2.36. The lowest BCUT2D eigenvalue weighted by atomic mass is 9.91. The van der Waals surface area contributed by atoms with E-state index in [0.717, 1.165) is 0 Å². The van der Waals surface area contributed by atoms with Gasteiger partial charge in [-0.05, 0) is 41.5 Å². The zero-order chi connectivity index (χ0) is 17.0. The number of hydrogen-bond donors (Lipinski definition) is 1. The van der Waals surface area contributed by atoms with Crippen molar-refractivity contribution in [2.75, 3.05) is 0 Å². The Kier molecular flexibility index (Phi) is 6.39. The van der Waals surface area contributed by atoms with E-state index in [-0.39, 0.29) is 6.42 Å². The minimum absolute atomic E-state index is 0.368. The standard InChI is InChI=1S/C15H26O6/c1-9(13(19)21-15(5,6)7)10(12(17)18)8-11(16)20-14(2,3)4/h9-10H,8H2,1-7H3,(H,17,18). The normalized spacial score (nSPS) is 15.0. The number of carbonyl (C=O) groups excluding carboxylic acids is 2. The topological polar surface area (TPSA) is 89.9 Å². The van der Waals surface area contributed by atoms with Crippen LogP contribution in [0.15, 0.2) is 0 Å². The van der Waals surface area contributed by atoms with Crippen LogP contribution in [0.25, 0.3) is 0 Å². The lowest BCUT2D eigenvalue weighted by molar-refractivity contribution is -0.169. The molecule has 6 nitrogen and oxygen atoms in total. The molecule has 1 N–H and O–H groups in total. The summed E-state index contributed by atoms with van der Waals surface area (Å²) < 4.78 is 10.3. The molecule has 21 heavy (non-hydrogen) atoms. The quantitative estimate of drug-likeness (QED) is 0.784. The molecule has 0 fully saturated rings. The van der Waals surface area contributed by atoms with Crippen LogP contribution in [0.1, 0.15) is 54.9 Å².